The van der Waals surface area contributed by atoms with Crippen molar-refractivity contribution in [3.8, 4) is 0 Å². The van der Waals surface area contributed by atoms with Gasteiger partial charge in [-0.25, -0.2) is 4.79 Å². The summed E-state index contributed by atoms with van der Waals surface area (Å²) in [4.78, 5) is 38.1. The molecule has 1 saturated carbocycles. The molecular formula is C30H37NO5. The number of ether oxygens (including phenoxy) is 1. The van der Waals surface area contributed by atoms with Gasteiger partial charge in [-0.05, 0) is 71.8 Å². The molecule has 0 atom stereocenters. The van der Waals surface area contributed by atoms with Crippen molar-refractivity contribution in [2.45, 2.75) is 83.8 Å². The lowest BCUT2D eigenvalue weighted by molar-refractivity contribution is -0.138. The van der Waals surface area contributed by atoms with E-state index < -0.39 is 5.97 Å². The molecule has 0 saturated heterocycles. The number of rotatable bonds is 8. The average molecular weight is 492 g/mol. The average Bonchev–Trinajstić information content (AvgIpc) is 2.85. The molecule has 6 nitrogen and oxygen atoms in total. The highest BCUT2D eigenvalue weighted by molar-refractivity contribution is 5.83. The molecule has 0 unspecified atom stereocenters. The van der Waals surface area contributed by atoms with Gasteiger partial charge in [0, 0.05) is 32.4 Å². The molecule has 0 bridgehead atoms. The van der Waals surface area contributed by atoms with Gasteiger partial charge in [-0.15, -0.1) is 0 Å². The van der Waals surface area contributed by atoms with Crippen molar-refractivity contribution >= 4 is 17.8 Å². The Hall–Kier alpha value is -3.15. The van der Waals surface area contributed by atoms with E-state index in [1.54, 1.807) is 4.90 Å². The van der Waals surface area contributed by atoms with Gasteiger partial charge in [0.2, 0.25) is 0 Å². The molecule has 36 heavy (non-hydrogen) atoms. The summed E-state index contributed by atoms with van der Waals surface area (Å²) < 4.78 is 5.75. The molecule has 4 rings (SSSR count). The second kappa shape index (κ2) is 11.7. The number of carboxylic acid groups (broad SMARTS) is 1. The van der Waals surface area contributed by atoms with Crippen LogP contribution in [0.1, 0.15) is 79.7 Å². The van der Waals surface area contributed by atoms with E-state index in [-0.39, 0.29) is 30.3 Å². The van der Waals surface area contributed by atoms with Crippen molar-refractivity contribution in [3.63, 3.8) is 0 Å². The Morgan fingerprint density at radius 3 is 2.28 bits per heavy atom. The second-order valence-corrected chi connectivity index (χ2v) is 10.7. The monoisotopic (exact) mass is 491 g/mol. The Kier molecular flexibility index (Phi) is 8.44. The van der Waals surface area contributed by atoms with Crippen LogP contribution in [-0.4, -0.2) is 40.5 Å². The van der Waals surface area contributed by atoms with E-state index in [2.05, 4.69) is 44.2 Å². The highest BCUT2D eigenvalue weighted by Crippen LogP contribution is 2.29. The van der Waals surface area contributed by atoms with Crippen LogP contribution >= 0.6 is 0 Å². The number of carbonyl (C=O) groups excluding carboxylic acids is 2. The van der Waals surface area contributed by atoms with Gasteiger partial charge in [0.1, 0.15) is 11.9 Å². The third-order valence-corrected chi connectivity index (χ3v) is 7.51. The Labute approximate surface area is 213 Å². The molecule has 192 valence electrons. The van der Waals surface area contributed by atoms with Crippen LogP contribution in [0.5, 0.6) is 0 Å². The molecule has 1 heterocycles. The summed E-state index contributed by atoms with van der Waals surface area (Å²) in [7, 11) is 0. The zero-order valence-electron chi connectivity index (χ0n) is 21.4. The normalized spacial score (nSPS) is 19.6. The molecule has 1 amide bonds. The fraction of sp³-hybridized carbons (Fsp3) is 0.500. The molecule has 2 aromatic carbocycles. The van der Waals surface area contributed by atoms with E-state index in [1.807, 2.05) is 12.1 Å². The van der Waals surface area contributed by atoms with Crippen molar-refractivity contribution < 1.29 is 24.2 Å². The quantitative estimate of drug-likeness (QED) is 0.513. The number of carbonyl (C=O) groups is 3. The lowest BCUT2D eigenvalue weighted by Gasteiger charge is -2.32. The molecule has 0 radical (unpaired) electrons. The topological polar surface area (TPSA) is 83.9 Å². The fourth-order valence-corrected chi connectivity index (χ4v) is 5.33. The van der Waals surface area contributed by atoms with Crippen molar-refractivity contribution in [1.82, 2.24) is 4.90 Å². The van der Waals surface area contributed by atoms with Crippen LogP contribution in [-0.2, 0) is 40.1 Å². The molecule has 2 aromatic rings. The molecule has 0 aromatic heterocycles. The van der Waals surface area contributed by atoms with Gasteiger partial charge in [-0.2, -0.15) is 0 Å². The zero-order chi connectivity index (χ0) is 25.7. The van der Waals surface area contributed by atoms with E-state index >= 15 is 0 Å². The molecule has 2 aliphatic rings. The summed E-state index contributed by atoms with van der Waals surface area (Å²) in [6.07, 6.45) is 4.42. The van der Waals surface area contributed by atoms with Crippen molar-refractivity contribution in [2.24, 2.45) is 5.92 Å². The smallest absolute Gasteiger partial charge is 0.410 e. The fourth-order valence-electron chi connectivity index (χ4n) is 5.33. The number of hydrogen-bond donors (Lipinski definition) is 1. The SMILES string of the molecule is CC(C)c1ccc(CC(=O)Cc2ccc3c(c2)CCN(C(=O)OC2CCC(CC(=O)O)CC2)C3)cc1. The van der Waals surface area contributed by atoms with Crippen LogP contribution < -0.4 is 0 Å². The van der Waals surface area contributed by atoms with Gasteiger partial charge in [-0.3, -0.25) is 9.59 Å². The first kappa shape index (κ1) is 25.9. The van der Waals surface area contributed by atoms with Gasteiger partial charge in [0.15, 0.2) is 0 Å². The molecule has 1 aliphatic carbocycles. The minimum Gasteiger partial charge on any atom is -0.481 e. The van der Waals surface area contributed by atoms with E-state index in [4.69, 9.17) is 9.84 Å². The van der Waals surface area contributed by atoms with Crippen LogP contribution in [0.2, 0.25) is 0 Å². The third kappa shape index (κ3) is 6.96. The van der Waals surface area contributed by atoms with Gasteiger partial charge >= 0.3 is 12.1 Å². The van der Waals surface area contributed by atoms with Crippen LogP contribution in [0.4, 0.5) is 4.79 Å². The van der Waals surface area contributed by atoms with Crippen LogP contribution in [0.25, 0.3) is 0 Å². The van der Waals surface area contributed by atoms with Gasteiger partial charge in [0.25, 0.3) is 0 Å². The predicted octanol–water partition coefficient (Wildman–Crippen LogP) is 5.69. The van der Waals surface area contributed by atoms with Gasteiger partial charge < -0.3 is 14.7 Å². The van der Waals surface area contributed by atoms with E-state index in [1.165, 1.54) is 11.1 Å². The second-order valence-electron chi connectivity index (χ2n) is 10.7. The van der Waals surface area contributed by atoms with E-state index in [9.17, 15) is 14.4 Å². The summed E-state index contributed by atoms with van der Waals surface area (Å²) in [5.74, 6) is 0.108. The number of aliphatic carboxylic acids is 1. The number of hydrogen-bond acceptors (Lipinski definition) is 4. The number of Topliss-reactive ketones (excluding diaryl/α,β-unsaturated/α-hetero) is 1. The highest BCUT2D eigenvalue weighted by atomic mass is 16.6. The minimum absolute atomic E-state index is 0.126. The first-order valence-electron chi connectivity index (χ1n) is 13.2. The lowest BCUT2D eigenvalue weighted by atomic mass is 9.85. The number of benzene rings is 2. The standard InChI is InChI=1S/C30H37NO5/c1-20(2)24-8-3-21(4-9-24)16-27(32)17-23-5-10-26-19-31(14-13-25(26)15-23)30(35)36-28-11-6-22(7-12-28)18-29(33)34/h3-5,8-10,15,20,22,28H,6-7,11-14,16-19H2,1-2H3,(H,33,34). The number of amides is 1. The first-order valence-corrected chi connectivity index (χ1v) is 13.2. The summed E-state index contributed by atoms with van der Waals surface area (Å²) >= 11 is 0. The molecular weight excluding hydrogens is 454 g/mol. The van der Waals surface area contributed by atoms with Crippen molar-refractivity contribution in [2.75, 3.05) is 6.54 Å². The summed E-state index contributed by atoms with van der Waals surface area (Å²) in [5, 5.41) is 8.96. The maximum absolute atomic E-state index is 12.7. The number of fused-ring (bicyclic) bond motifs is 1. The van der Waals surface area contributed by atoms with E-state index in [0.717, 1.165) is 48.8 Å². The number of nitrogens with zero attached hydrogens (tertiary/aromatic N) is 1. The predicted molar refractivity (Wildman–Crippen MR) is 138 cm³/mol. The maximum Gasteiger partial charge on any atom is 0.410 e. The van der Waals surface area contributed by atoms with Crippen LogP contribution in [0, 0.1) is 5.92 Å². The van der Waals surface area contributed by atoms with Gasteiger partial charge in [-0.1, -0.05) is 56.3 Å². The van der Waals surface area contributed by atoms with Crippen molar-refractivity contribution in [1.29, 1.82) is 0 Å². The van der Waals surface area contributed by atoms with E-state index in [0.29, 0.717) is 31.8 Å². The summed E-state index contributed by atoms with van der Waals surface area (Å²) in [5.41, 5.74) is 5.64. The first-order chi connectivity index (χ1) is 17.3. The molecule has 6 heteroatoms. The molecule has 1 aliphatic heterocycles. The van der Waals surface area contributed by atoms with Gasteiger partial charge in [0.05, 0.1) is 0 Å². The molecule has 1 fully saturated rings. The van der Waals surface area contributed by atoms with Crippen molar-refractivity contribution in [3.05, 3.63) is 70.3 Å². The Morgan fingerprint density at radius 1 is 0.944 bits per heavy atom. The number of carboxylic acids is 1. The van der Waals surface area contributed by atoms with Crippen LogP contribution in [0.15, 0.2) is 42.5 Å². The molecule has 0 spiro atoms. The largest absolute Gasteiger partial charge is 0.481 e. The Balaban J connectivity index is 1.26. The minimum atomic E-state index is -0.758. The third-order valence-electron chi connectivity index (χ3n) is 7.51. The molecule has 1 N–H and O–H groups in total. The summed E-state index contributed by atoms with van der Waals surface area (Å²) in [6, 6.07) is 14.5. The highest BCUT2D eigenvalue weighted by Gasteiger charge is 2.28. The Bertz CT molecular complexity index is 1080. The lowest BCUT2D eigenvalue weighted by Crippen LogP contribution is -2.39. The summed E-state index contributed by atoms with van der Waals surface area (Å²) in [6.45, 7) is 5.43. The Morgan fingerprint density at radius 2 is 1.61 bits per heavy atom. The van der Waals surface area contributed by atoms with Crippen LogP contribution in [0.3, 0.4) is 0 Å². The zero-order valence-corrected chi connectivity index (χ0v) is 21.4. The number of ketones is 1. The maximum atomic E-state index is 12.7.